The molecule has 4 rings (SSSR count). The van der Waals surface area contributed by atoms with E-state index in [1.807, 2.05) is 18.2 Å². The van der Waals surface area contributed by atoms with Crippen molar-refractivity contribution < 1.29 is 4.79 Å². The highest BCUT2D eigenvalue weighted by atomic mass is 35.5. The summed E-state index contributed by atoms with van der Waals surface area (Å²) in [4.78, 5) is 22.2. The Bertz CT molecular complexity index is 929. The largest absolute Gasteiger partial charge is 0.340 e. The van der Waals surface area contributed by atoms with Crippen LogP contribution in [0.2, 0.25) is 5.02 Å². The number of aryl methyl sites for hydroxylation is 1. The summed E-state index contributed by atoms with van der Waals surface area (Å²) in [6, 6.07) is 5.51. The third kappa shape index (κ3) is 3.14. The van der Waals surface area contributed by atoms with Gasteiger partial charge < -0.3 is 9.88 Å². The van der Waals surface area contributed by atoms with Gasteiger partial charge in [0.05, 0.1) is 17.6 Å². The van der Waals surface area contributed by atoms with Gasteiger partial charge in [0.15, 0.2) is 5.69 Å². The van der Waals surface area contributed by atoms with Gasteiger partial charge in [0.2, 0.25) is 0 Å². The van der Waals surface area contributed by atoms with Gasteiger partial charge in [0.25, 0.3) is 5.91 Å². The molecule has 25 heavy (non-hydrogen) atoms. The average Bonchev–Trinajstić information content (AvgIpc) is 3.09. The molecule has 0 radical (unpaired) electrons. The Morgan fingerprint density at radius 2 is 2.12 bits per heavy atom. The molecule has 7 heteroatoms. The van der Waals surface area contributed by atoms with E-state index in [1.54, 1.807) is 11.9 Å². The smallest absolute Gasteiger partial charge is 0.274 e. The number of carbonyl (C=O) groups excluding carboxylic acids is 1. The van der Waals surface area contributed by atoms with Crippen LogP contribution < -0.4 is 0 Å². The lowest BCUT2D eigenvalue weighted by Crippen LogP contribution is -2.28. The van der Waals surface area contributed by atoms with E-state index >= 15 is 0 Å². The molecule has 2 aromatic heterocycles. The van der Waals surface area contributed by atoms with Gasteiger partial charge in [0.1, 0.15) is 5.82 Å². The molecule has 0 atom stereocenters. The van der Waals surface area contributed by atoms with Crippen molar-refractivity contribution in [2.45, 2.75) is 38.6 Å². The zero-order valence-corrected chi connectivity index (χ0v) is 14.9. The quantitative estimate of drug-likeness (QED) is 0.704. The summed E-state index contributed by atoms with van der Waals surface area (Å²) in [6.07, 6.45) is 5.36. The molecule has 3 aromatic rings. The molecule has 0 saturated heterocycles. The Balaban J connectivity index is 1.55. The molecule has 0 spiro atoms. The van der Waals surface area contributed by atoms with E-state index in [9.17, 15) is 4.79 Å². The highest BCUT2D eigenvalue weighted by molar-refractivity contribution is 6.31. The summed E-state index contributed by atoms with van der Waals surface area (Å²) in [7, 11) is 1.78. The van der Waals surface area contributed by atoms with E-state index in [0.717, 1.165) is 53.8 Å². The second-order valence-corrected chi connectivity index (χ2v) is 7.03. The van der Waals surface area contributed by atoms with Gasteiger partial charge in [-0.2, -0.15) is 5.10 Å². The highest BCUT2D eigenvalue weighted by Crippen LogP contribution is 2.23. The Morgan fingerprint density at radius 3 is 3.00 bits per heavy atom. The Hall–Kier alpha value is -2.34. The van der Waals surface area contributed by atoms with Crippen LogP contribution in [0.25, 0.3) is 11.0 Å². The Kier molecular flexibility index (Phi) is 4.21. The minimum atomic E-state index is -0.0714. The van der Waals surface area contributed by atoms with Crippen LogP contribution in [-0.2, 0) is 19.4 Å². The van der Waals surface area contributed by atoms with Gasteiger partial charge >= 0.3 is 0 Å². The van der Waals surface area contributed by atoms with Gasteiger partial charge in [-0.1, -0.05) is 18.0 Å². The zero-order valence-electron chi connectivity index (χ0n) is 14.1. The number of nitrogens with one attached hydrogen (secondary N) is 2. The minimum absolute atomic E-state index is 0.0714. The molecule has 0 aliphatic heterocycles. The maximum Gasteiger partial charge on any atom is 0.274 e. The number of hydrogen-bond donors (Lipinski definition) is 2. The molecule has 1 aliphatic carbocycles. The topological polar surface area (TPSA) is 77.7 Å². The molecule has 130 valence electrons. The lowest BCUT2D eigenvalue weighted by Gasteiger charge is -2.15. The number of hydrogen-bond acceptors (Lipinski definition) is 3. The van der Waals surface area contributed by atoms with E-state index in [-0.39, 0.29) is 5.91 Å². The zero-order chi connectivity index (χ0) is 17.4. The van der Waals surface area contributed by atoms with Gasteiger partial charge in [-0.3, -0.25) is 9.89 Å². The van der Waals surface area contributed by atoms with Crippen molar-refractivity contribution in [1.29, 1.82) is 0 Å². The van der Waals surface area contributed by atoms with E-state index in [2.05, 4.69) is 20.2 Å². The van der Waals surface area contributed by atoms with Crippen molar-refractivity contribution in [3.8, 4) is 0 Å². The fourth-order valence-corrected chi connectivity index (χ4v) is 3.59. The lowest BCUT2D eigenvalue weighted by molar-refractivity contribution is 0.0775. The summed E-state index contributed by atoms with van der Waals surface area (Å²) in [5, 5.41) is 8.01. The predicted octanol–water partition coefficient (Wildman–Crippen LogP) is 3.48. The Morgan fingerprint density at radius 1 is 1.28 bits per heavy atom. The summed E-state index contributed by atoms with van der Waals surface area (Å²) in [5.74, 6) is 0.660. The minimum Gasteiger partial charge on any atom is -0.340 e. The van der Waals surface area contributed by atoms with Crippen LogP contribution in [0.4, 0.5) is 0 Å². The van der Waals surface area contributed by atoms with Crippen LogP contribution in [0.5, 0.6) is 0 Å². The van der Waals surface area contributed by atoms with Gasteiger partial charge in [-0.05, 0) is 43.9 Å². The molecule has 6 nitrogen and oxygen atoms in total. The van der Waals surface area contributed by atoms with Crippen molar-refractivity contribution in [2.75, 3.05) is 7.05 Å². The molecule has 0 fully saturated rings. The molecule has 0 bridgehead atoms. The number of rotatable bonds is 3. The number of halogens is 1. The van der Waals surface area contributed by atoms with E-state index in [1.165, 1.54) is 6.42 Å². The summed E-state index contributed by atoms with van der Waals surface area (Å²) < 4.78 is 0. The maximum absolute atomic E-state index is 12.8. The van der Waals surface area contributed by atoms with E-state index in [4.69, 9.17) is 11.6 Å². The van der Waals surface area contributed by atoms with Crippen LogP contribution in [0.15, 0.2) is 18.2 Å². The normalized spacial score (nSPS) is 14.3. The second kappa shape index (κ2) is 6.52. The van der Waals surface area contributed by atoms with Crippen molar-refractivity contribution in [2.24, 2.45) is 0 Å². The van der Waals surface area contributed by atoms with Gasteiger partial charge in [-0.25, -0.2) is 4.98 Å². The molecule has 2 N–H and O–H groups in total. The first kappa shape index (κ1) is 16.1. The van der Waals surface area contributed by atoms with E-state index < -0.39 is 0 Å². The van der Waals surface area contributed by atoms with Crippen LogP contribution in [0, 0.1) is 0 Å². The number of aromatic amines is 2. The molecule has 1 amide bonds. The van der Waals surface area contributed by atoms with Crippen molar-refractivity contribution in [3.05, 3.63) is 46.0 Å². The van der Waals surface area contributed by atoms with Crippen molar-refractivity contribution in [3.63, 3.8) is 0 Å². The standard InChI is InChI=1S/C18H20ClN5O/c1-24(10-16-20-14-8-7-11(19)9-15(14)21-16)18(25)17-12-5-3-2-4-6-13(12)22-23-17/h7-9H,2-6,10H2,1H3,(H,20,21)(H,22,23). The van der Waals surface area contributed by atoms with Crippen molar-refractivity contribution in [1.82, 2.24) is 25.1 Å². The molecular weight excluding hydrogens is 338 g/mol. The number of amides is 1. The summed E-state index contributed by atoms with van der Waals surface area (Å²) in [6.45, 7) is 0.396. The lowest BCUT2D eigenvalue weighted by atomic mass is 10.1. The molecule has 0 unspecified atom stereocenters. The van der Waals surface area contributed by atoms with Crippen LogP contribution in [-0.4, -0.2) is 38.0 Å². The maximum atomic E-state index is 12.8. The first-order valence-electron chi connectivity index (χ1n) is 8.57. The first-order valence-corrected chi connectivity index (χ1v) is 8.95. The number of imidazole rings is 1. The van der Waals surface area contributed by atoms with Crippen molar-refractivity contribution >= 4 is 28.5 Å². The molecule has 2 heterocycles. The number of H-pyrrole nitrogens is 2. The molecular formula is C18H20ClN5O. The fraction of sp³-hybridized carbons (Fsp3) is 0.389. The van der Waals surface area contributed by atoms with Gasteiger partial charge in [0, 0.05) is 23.3 Å². The van der Waals surface area contributed by atoms with Gasteiger partial charge in [-0.15, -0.1) is 0 Å². The molecule has 1 aromatic carbocycles. The fourth-order valence-electron chi connectivity index (χ4n) is 3.42. The van der Waals surface area contributed by atoms with Crippen LogP contribution >= 0.6 is 11.6 Å². The van der Waals surface area contributed by atoms with Crippen LogP contribution in [0.3, 0.4) is 0 Å². The molecule has 1 aliphatic rings. The summed E-state index contributed by atoms with van der Waals surface area (Å²) in [5.41, 5.74) is 4.47. The second-order valence-electron chi connectivity index (χ2n) is 6.60. The first-order chi connectivity index (χ1) is 12.1. The third-order valence-electron chi connectivity index (χ3n) is 4.74. The number of benzene rings is 1. The van der Waals surface area contributed by atoms with Crippen LogP contribution in [0.1, 0.15) is 46.8 Å². The molecule has 0 saturated carbocycles. The number of fused-ring (bicyclic) bond motifs is 2. The number of nitrogens with zero attached hydrogens (tertiary/aromatic N) is 3. The third-order valence-corrected chi connectivity index (χ3v) is 4.97. The number of carbonyl (C=O) groups is 1. The Labute approximate surface area is 150 Å². The SMILES string of the molecule is CN(Cc1nc2ccc(Cl)cc2[nH]1)C(=O)c1n[nH]c2c1CCCCC2. The average molecular weight is 358 g/mol. The number of aromatic nitrogens is 4. The summed E-state index contributed by atoms with van der Waals surface area (Å²) >= 11 is 6.01. The monoisotopic (exact) mass is 357 g/mol. The highest BCUT2D eigenvalue weighted by Gasteiger charge is 2.23. The van der Waals surface area contributed by atoms with E-state index in [0.29, 0.717) is 17.3 Å². The predicted molar refractivity (Wildman–Crippen MR) is 96.7 cm³/mol.